The molecular formula is C19H24FN3O3S. The highest BCUT2D eigenvalue weighted by atomic mass is 32.2. The van der Waals surface area contributed by atoms with Crippen molar-refractivity contribution in [3.63, 3.8) is 0 Å². The number of nitrogens with zero attached hydrogens (tertiary/aromatic N) is 1. The van der Waals surface area contributed by atoms with Crippen LogP contribution in [-0.2, 0) is 10.0 Å². The molecule has 1 fully saturated rings. The number of hydrogen-bond donors (Lipinski definition) is 2. The van der Waals surface area contributed by atoms with E-state index >= 15 is 0 Å². The van der Waals surface area contributed by atoms with Crippen molar-refractivity contribution in [2.45, 2.75) is 38.5 Å². The largest absolute Gasteiger partial charge is 0.353 e. The van der Waals surface area contributed by atoms with Gasteiger partial charge in [-0.3, -0.25) is 4.79 Å². The number of hydrogen-bond acceptors (Lipinski definition) is 3. The summed E-state index contributed by atoms with van der Waals surface area (Å²) < 4.78 is 41.5. The Balaban J connectivity index is 1.90. The van der Waals surface area contributed by atoms with Crippen LogP contribution in [0.5, 0.6) is 0 Å². The van der Waals surface area contributed by atoms with Gasteiger partial charge in [0.15, 0.2) is 0 Å². The van der Waals surface area contributed by atoms with Crippen LogP contribution in [-0.4, -0.2) is 36.7 Å². The summed E-state index contributed by atoms with van der Waals surface area (Å²) in [6, 6.07) is 5.83. The molecular weight excluding hydrogens is 369 g/mol. The third-order valence-corrected chi connectivity index (χ3v) is 7.23. The molecule has 2 aromatic rings. The number of carbonyl (C=O) groups excluding carboxylic acids is 1. The molecule has 1 saturated heterocycles. The van der Waals surface area contributed by atoms with E-state index in [9.17, 15) is 17.6 Å². The molecule has 1 aliphatic rings. The average molecular weight is 393 g/mol. The van der Waals surface area contributed by atoms with E-state index in [2.05, 4.69) is 17.2 Å². The Morgan fingerprint density at radius 2 is 1.85 bits per heavy atom. The number of aryl methyl sites for hydroxylation is 1. The van der Waals surface area contributed by atoms with Crippen LogP contribution in [0.1, 0.15) is 41.5 Å². The van der Waals surface area contributed by atoms with Crippen molar-refractivity contribution in [2.75, 3.05) is 18.4 Å². The number of H-pyrrole nitrogens is 1. The van der Waals surface area contributed by atoms with Crippen molar-refractivity contribution >= 4 is 21.6 Å². The zero-order chi connectivity index (χ0) is 19.8. The van der Waals surface area contributed by atoms with E-state index in [0.717, 1.165) is 12.8 Å². The van der Waals surface area contributed by atoms with Crippen LogP contribution in [0.4, 0.5) is 10.1 Å². The summed E-state index contributed by atoms with van der Waals surface area (Å²) in [5.41, 5.74) is 0.924. The minimum absolute atomic E-state index is 0.0450. The van der Waals surface area contributed by atoms with Crippen LogP contribution in [0.3, 0.4) is 0 Å². The number of aromatic nitrogens is 1. The third kappa shape index (κ3) is 3.77. The molecule has 8 heteroatoms. The quantitative estimate of drug-likeness (QED) is 0.835. The summed E-state index contributed by atoms with van der Waals surface area (Å²) in [4.78, 5) is 15.6. The highest BCUT2D eigenvalue weighted by molar-refractivity contribution is 7.89. The summed E-state index contributed by atoms with van der Waals surface area (Å²) in [5, 5.41) is 2.49. The van der Waals surface area contributed by atoms with E-state index < -0.39 is 21.7 Å². The molecule has 0 atom stereocenters. The van der Waals surface area contributed by atoms with Crippen molar-refractivity contribution in [1.82, 2.24) is 9.29 Å². The Kier molecular flexibility index (Phi) is 5.39. The first-order valence-corrected chi connectivity index (χ1v) is 10.4. The summed E-state index contributed by atoms with van der Waals surface area (Å²) in [5.74, 6) is -0.622. The fraction of sp³-hybridized carbons (Fsp3) is 0.421. The highest BCUT2D eigenvalue weighted by Gasteiger charge is 2.33. The molecule has 1 amide bonds. The van der Waals surface area contributed by atoms with Gasteiger partial charge in [0.1, 0.15) is 16.4 Å². The maximum Gasteiger partial charge on any atom is 0.272 e. The second kappa shape index (κ2) is 7.44. The van der Waals surface area contributed by atoms with E-state index in [1.54, 1.807) is 19.9 Å². The van der Waals surface area contributed by atoms with Gasteiger partial charge in [-0.25, -0.2) is 12.8 Å². The fourth-order valence-corrected chi connectivity index (χ4v) is 5.33. The lowest BCUT2D eigenvalue weighted by Crippen LogP contribution is -2.38. The number of amides is 1. The second-order valence-corrected chi connectivity index (χ2v) is 8.97. The molecule has 6 nitrogen and oxygen atoms in total. The van der Waals surface area contributed by atoms with Gasteiger partial charge in [0.2, 0.25) is 10.0 Å². The zero-order valence-electron chi connectivity index (χ0n) is 15.7. The van der Waals surface area contributed by atoms with Crippen LogP contribution in [0.25, 0.3) is 0 Å². The van der Waals surface area contributed by atoms with E-state index in [1.807, 2.05) is 0 Å². The monoisotopic (exact) mass is 393 g/mol. The van der Waals surface area contributed by atoms with Gasteiger partial charge in [0, 0.05) is 18.8 Å². The SMILES string of the molecule is Cc1[nH]c(C(=O)Nc2ccccc2F)c(C)c1S(=O)(=O)N1CCC(C)CC1. The maximum absolute atomic E-state index is 13.8. The normalized spacial score (nSPS) is 16.4. The molecule has 27 heavy (non-hydrogen) atoms. The van der Waals surface area contributed by atoms with Gasteiger partial charge in [-0.1, -0.05) is 19.1 Å². The Morgan fingerprint density at radius 3 is 2.48 bits per heavy atom. The van der Waals surface area contributed by atoms with Crippen molar-refractivity contribution < 1.29 is 17.6 Å². The van der Waals surface area contributed by atoms with Crippen LogP contribution in [0, 0.1) is 25.6 Å². The zero-order valence-corrected chi connectivity index (χ0v) is 16.5. The first-order chi connectivity index (χ1) is 12.7. The second-order valence-electron chi connectivity index (χ2n) is 7.10. The minimum Gasteiger partial charge on any atom is -0.353 e. The number of sulfonamides is 1. The predicted molar refractivity (Wildman–Crippen MR) is 102 cm³/mol. The van der Waals surface area contributed by atoms with Crippen molar-refractivity contribution in [3.05, 3.63) is 47.0 Å². The molecule has 0 radical (unpaired) electrons. The smallest absolute Gasteiger partial charge is 0.272 e. The molecule has 1 aromatic carbocycles. The number of rotatable bonds is 4. The number of para-hydroxylation sites is 1. The number of piperidine rings is 1. The van der Waals surface area contributed by atoms with Crippen LogP contribution in [0.15, 0.2) is 29.2 Å². The lowest BCUT2D eigenvalue weighted by molar-refractivity contribution is 0.102. The molecule has 3 rings (SSSR count). The number of aromatic amines is 1. The number of anilines is 1. The van der Waals surface area contributed by atoms with E-state index in [1.165, 1.54) is 22.5 Å². The first-order valence-electron chi connectivity index (χ1n) is 8.97. The minimum atomic E-state index is -3.69. The highest BCUT2D eigenvalue weighted by Crippen LogP contribution is 2.30. The van der Waals surface area contributed by atoms with Gasteiger partial charge in [0.25, 0.3) is 5.91 Å². The number of carbonyl (C=O) groups is 1. The third-order valence-electron chi connectivity index (χ3n) is 5.06. The molecule has 0 saturated carbocycles. The fourth-order valence-electron chi connectivity index (χ4n) is 3.45. The van der Waals surface area contributed by atoms with Crippen LogP contribution in [0.2, 0.25) is 0 Å². The van der Waals surface area contributed by atoms with Gasteiger partial charge in [-0.2, -0.15) is 4.31 Å². The molecule has 2 N–H and O–H groups in total. The van der Waals surface area contributed by atoms with Gasteiger partial charge in [0.05, 0.1) is 5.69 Å². The molecule has 1 aromatic heterocycles. The summed E-state index contributed by atoms with van der Waals surface area (Å²) >= 11 is 0. The Morgan fingerprint density at radius 1 is 1.22 bits per heavy atom. The summed E-state index contributed by atoms with van der Waals surface area (Å²) in [6.07, 6.45) is 1.64. The van der Waals surface area contributed by atoms with E-state index in [4.69, 9.17) is 0 Å². The van der Waals surface area contributed by atoms with Gasteiger partial charge >= 0.3 is 0 Å². The van der Waals surface area contributed by atoms with E-state index in [0.29, 0.717) is 30.3 Å². The van der Waals surface area contributed by atoms with Crippen molar-refractivity contribution in [3.8, 4) is 0 Å². The standard InChI is InChI=1S/C19H24FN3O3S/c1-12-8-10-23(11-9-12)27(25,26)18-13(2)17(21-14(18)3)19(24)22-16-7-5-4-6-15(16)20/h4-7,12,21H,8-11H2,1-3H3,(H,22,24). The molecule has 0 aliphatic carbocycles. The summed E-state index contributed by atoms with van der Waals surface area (Å²) in [7, 11) is -3.69. The molecule has 1 aliphatic heterocycles. The lowest BCUT2D eigenvalue weighted by Gasteiger charge is -2.29. The Bertz CT molecular complexity index is 961. The number of nitrogens with one attached hydrogen (secondary N) is 2. The number of benzene rings is 1. The van der Waals surface area contributed by atoms with Gasteiger partial charge in [-0.15, -0.1) is 0 Å². The topological polar surface area (TPSA) is 82.3 Å². The van der Waals surface area contributed by atoms with Crippen LogP contribution < -0.4 is 5.32 Å². The maximum atomic E-state index is 13.8. The van der Waals surface area contributed by atoms with Gasteiger partial charge < -0.3 is 10.3 Å². The summed E-state index contributed by atoms with van der Waals surface area (Å²) in [6.45, 7) is 6.29. The molecule has 2 heterocycles. The average Bonchev–Trinajstić information content (AvgIpc) is 2.92. The predicted octanol–water partition coefficient (Wildman–Crippen LogP) is 3.44. The molecule has 0 spiro atoms. The number of halogens is 1. The molecule has 0 bridgehead atoms. The Hall–Kier alpha value is -2.19. The first kappa shape index (κ1) is 19.6. The lowest BCUT2D eigenvalue weighted by atomic mass is 10.0. The van der Waals surface area contributed by atoms with Crippen molar-refractivity contribution in [2.24, 2.45) is 5.92 Å². The molecule has 146 valence electrons. The molecule has 0 unspecified atom stereocenters. The van der Waals surface area contributed by atoms with Gasteiger partial charge in [-0.05, 0) is 50.3 Å². The van der Waals surface area contributed by atoms with E-state index in [-0.39, 0.29) is 16.3 Å². The van der Waals surface area contributed by atoms with Crippen LogP contribution >= 0.6 is 0 Å². The van der Waals surface area contributed by atoms with Crippen molar-refractivity contribution in [1.29, 1.82) is 0 Å². The Labute approximate surface area is 158 Å².